The van der Waals surface area contributed by atoms with E-state index >= 15 is 0 Å². The zero-order valence-corrected chi connectivity index (χ0v) is 82.4. The number of methoxy groups -OCH3 is 2. The topological polar surface area (TPSA) is 472 Å². The first-order valence-electron chi connectivity index (χ1n) is 50.0. The summed E-state index contributed by atoms with van der Waals surface area (Å²) >= 11 is 0. The van der Waals surface area contributed by atoms with Crippen LogP contribution in [0.2, 0.25) is 0 Å². The summed E-state index contributed by atoms with van der Waals surface area (Å²) in [7, 11) is 11.2. The van der Waals surface area contributed by atoms with E-state index in [1.54, 1.807) is 56.2 Å². The zero-order valence-electron chi connectivity index (χ0n) is 82.4. The molecule has 40 heteroatoms. The fourth-order valence-electron chi connectivity index (χ4n) is 21.7. The number of fused-ring (bicyclic) bond motifs is 7. The monoisotopic (exact) mass is 1960 g/mol. The number of hydrogen-bond acceptors (Lipinski definition) is 31. The van der Waals surface area contributed by atoms with Gasteiger partial charge in [-0.1, -0.05) is 60.7 Å². The van der Waals surface area contributed by atoms with Gasteiger partial charge < -0.3 is 77.0 Å². The third kappa shape index (κ3) is 18.8. The first kappa shape index (κ1) is 94.7. The summed E-state index contributed by atoms with van der Waals surface area (Å²) in [6.07, 6.45) is 29.2. The van der Waals surface area contributed by atoms with E-state index in [0.29, 0.717) is 104 Å². The number of piperidine rings is 2. The molecule has 0 radical (unpaired) electrons. The number of likely N-dealkylation sites (N-methyl/N-ethyl adjacent to an activating group) is 2. The Hall–Kier alpha value is -16.1. The molecule has 0 unspecified atom stereocenters. The van der Waals surface area contributed by atoms with Crippen LogP contribution >= 0.6 is 0 Å². The van der Waals surface area contributed by atoms with Crippen LogP contribution < -0.4 is 53.7 Å². The normalized spacial score (nSPS) is 18.0. The Bertz CT molecular complexity index is 7690. The van der Waals surface area contributed by atoms with Gasteiger partial charge in [-0.3, -0.25) is 28.9 Å². The molecule has 0 atom stereocenters. The third-order valence-electron chi connectivity index (χ3n) is 29.8. The molecule has 2 saturated carbocycles. The number of hydrogen-bond donors (Lipinski definition) is 8. The van der Waals surface area contributed by atoms with E-state index in [1.807, 2.05) is 144 Å². The molecule has 14 aromatic heterocycles. The maximum atomic E-state index is 13.2. The van der Waals surface area contributed by atoms with Gasteiger partial charge in [-0.05, 0) is 196 Å². The lowest BCUT2D eigenvalue weighted by Gasteiger charge is -2.41. The predicted octanol–water partition coefficient (Wildman–Crippen LogP) is 13.9. The first-order valence-corrected chi connectivity index (χ1v) is 50.0. The number of rotatable bonds is 18. The number of ether oxygens (including phenoxy) is 2. The molecule has 0 bridgehead atoms. The van der Waals surface area contributed by atoms with Crippen LogP contribution in [-0.4, -0.2) is 263 Å². The van der Waals surface area contributed by atoms with Gasteiger partial charge in [0.2, 0.25) is 0 Å². The van der Waals surface area contributed by atoms with Gasteiger partial charge in [0.25, 0.3) is 11.8 Å². The quantitative estimate of drug-likeness (QED) is 0.0395. The Morgan fingerprint density at radius 1 is 0.384 bits per heavy atom. The number of carbonyl (C=O) groups excluding carboxylic acids is 2. The Labute approximate surface area is 840 Å². The number of aryl methyl sites for hydroxylation is 2. The van der Waals surface area contributed by atoms with Gasteiger partial charge >= 0.3 is 0 Å². The number of benzene rings is 5. The van der Waals surface area contributed by atoms with Gasteiger partial charge in [-0.25, -0.2) is 73.6 Å². The lowest BCUT2D eigenvalue weighted by molar-refractivity contribution is 0.0815. The van der Waals surface area contributed by atoms with Crippen molar-refractivity contribution in [3.63, 3.8) is 0 Å². The SMILES string of the molecule is CN1CCN(C2CCC(n3nc(-c4ccc(-c5cnco5)cc4)c4c(N)ncnc43)CC2)CC1.CN1CCN(C2CCC(n3nc(-c4ccc(-n5cnc6ccccc65)cc4)c4c(N)ncnc43)CC2)CC1.COc1cc(-c2nn(C3CCNCC3)c3ncnc(N)c23)ccc1NC(=O)c1cc2cccnc2n1C.COc1cc(-c2nn(C3CCNCC3)c3ncnc(N)c23)ccc1NC(=O)c1cc2ccncc2n1C. The highest BCUT2D eigenvalue weighted by molar-refractivity contribution is 6.09. The van der Waals surface area contributed by atoms with E-state index in [2.05, 4.69) is 159 Å². The number of nitrogen functional groups attached to an aromatic ring is 4. The van der Waals surface area contributed by atoms with Crippen molar-refractivity contribution in [3.05, 3.63) is 214 Å². The minimum absolute atomic E-state index is 0.225. The van der Waals surface area contributed by atoms with Gasteiger partial charge in [0.05, 0.1) is 100 Å². The van der Waals surface area contributed by atoms with Crippen LogP contribution in [0.1, 0.15) is 122 Å². The molecule has 2 aliphatic carbocycles. The van der Waals surface area contributed by atoms with Crippen LogP contribution in [0.3, 0.4) is 0 Å². The average Bonchev–Trinajstić information content (AvgIpc) is 1.62. The van der Waals surface area contributed by atoms with Crippen LogP contribution in [0.5, 0.6) is 11.5 Å². The van der Waals surface area contributed by atoms with Crippen LogP contribution in [0.4, 0.5) is 34.6 Å². The summed E-state index contributed by atoms with van der Waals surface area (Å²) in [4.78, 5) is 88.9. The average molecular weight is 1960 g/mol. The fraction of sp³-hybridized carbons (Fsp3) is 0.340. The molecular weight excluding hydrogens is 1840 g/mol. The molecule has 6 aliphatic rings. The lowest BCUT2D eigenvalue weighted by Crippen LogP contribution is -2.49. The molecular formula is C106H117N35O5. The number of piperazine rings is 2. The minimum atomic E-state index is -0.259. The standard InChI is InChI=1S/C29H33N9.2C26H27N9O2.C25H30N8O/c1-35-14-16-36(17-15-35)21-10-12-23(13-11-21)38-29-26(28(30)31-18-32-29)27(34-38)20-6-8-22(9-7-20)37-19-33-24-4-2-3-5-25(24)37;1-34-19(11-15-5-8-29-13-20(15)34)26(36)32-18-4-3-16(12-21(18)37-2)23-22-24(27)30-14-31-25(22)35(33-23)17-6-9-28-10-7-17;1-34-19(12-16-4-3-9-29-24(16)34)26(36)32-18-6-5-15(13-20(18)37-2)22-21-23(27)30-14-31-25(21)35(33-22)17-7-10-28-11-8-17;1-31-10-12-32(13-11-31)19-6-8-20(9-7-19)33-25-22(24(26)28-15-29-25)23(30-33)18-4-2-17(3-5-18)21-14-27-16-34-21/h2-9,18-19,21,23H,10-17H2,1H3,(H2,30,31,32);3-5,8,11-14,17,28H,6-7,9-10H2,1-2H3,(H,32,36)(H2,27,30,31);3-6,9,12-14,17,28H,7-8,10-11H2,1-2H3,(H,32,36)(H2,27,30,31);2-5,14-16,19-20H,6-13H2,1H3,(H2,26,28,29). The van der Waals surface area contributed by atoms with Crippen molar-refractivity contribution >= 4 is 124 Å². The number of aromatic nitrogens is 23. The van der Waals surface area contributed by atoms with Crippen molar-refractivity contribution in [2.45, 2.75) is 113 Å². The third-order valence-corrected chi connectivity index (χ3v) is 29.8. The van der Waals surface area contributed by atoms with Gasteiger partial charge in [0.1, 0.15) is 106 Å². The van der Waals surface area contributed by atoms with Crippen LogP contribution in [-0.2, 0) is 14.1 Å². The summed E-state index contributed by atoms with van der Waals surface area (Å²) in [5, 5.41) is 37.7. The number of nitrogens with zero attached hydrogens (tertiary/aromatic N) is 27. The van der Waals surface area contributed by atoms with E-state index in [9.17, 15) is 9.59 Å². The smallest absolute Gasteiger partial charge is 0.272 e. The Kier molecular flexibility index (Phi) is 26.8. The molecule has 146 heavy (non-hydrogen) atoms. The number of imidazole rings is 1. The molecule has 0 spiro atoms. The van der Waals surface area contributed by atoms with Crippen molar-refractivity contribution in [3.8, 4) is 73.5 Å². The van der Waals surface area contributed by atoms with Gasteiger partial charge in [0.15, 0.2) is 34.7 Å². The van der Waals surface area contributed by atoms with Crippen LogP contribution in [0, 0.1) is 0 Å². The molecule has 25 rings (SSSR count). The van der Waals surface area contributed by atoms with Crippen molar-refractivity contribution in [1.82, 2.24) is 143 Å². The second-order valence-corrected chi connectivity index (χ2v) is 38.4. The zero-order chi connectivity index (χ0) is 99.7. The molecule has 4 aliphatic heterocycles. The molecule has 4 saturated heterocycles. The number of para-hydroxylation sites is 2. The van der Waals surface area contributed by atoms with Crippen molar-refractivity contribution in [1.29, 1.82) is 0 Å². The predicted molar refractivity (Wildman–Crippen MR) is 564 cm³/mol. The van der Waals surface area contributed by atoms with E-state index in [-0.39, 0.29) is 23.9 Å². The molecule has 746 valence electrons. The number of nitrogens with one attached hydrogen (secondary N) is 4. The van der Waals surface area contributed by atoms with E-state index < -0.39 is 0 Å². The molecule has 6 fully saturated rings. The highest BCUT2D eigenvalue weighted by atomic mass is 16.5. The highest BCUT2D eigenvalue weighted by Gasteiger charge is 2.36. The van der Waals surface area contributed by atoms with E-state index in [4.69, 9.17) is 57.2 Å². The second kappa shape index (κ2) is 41.3. The summed E-state index contributed by atoms with van der Waals surface area (Å²) < 4.78 is 30.6. The van der Waals surface area contributed by atoms with Crippen molar-refractivity contribution in [2.75, 3.05) is 140 Å². The van der Waals surface area contributed by atoms with Crippen LogP contribution in [0.15, 0.2) is 207 Å². The summed E-state index contributed by atoms with van der Waals surface area (Å²) in [6.45, 7) is 13.1. The fourth-order valence-corrected chi connectivity index (χ4v) is 21.7. The lowest BCUT2D eigenvalue weighted by atomic mass is 9.90. The van der Waals surface area contributed by atoms with Gasteiger partial charge in [-0.2, -0.15) is 20.4 Å². The Morgan fingerprint density at radius 3 is 1.25 bits per heavy atom. The first-order chi connectivity index (χ1) is 71.4. The number of nitrogens with two attached hydrogens (primary N) is 4. The van der Waals surface area contributed by atoms with E-state index in [1.165, 1.54) is 97.1 Å². The van der Waals surface area contributed by atoms with Gasteiger partial charge in [0, 0.05) is 135 Å². The molecule has 2 amide bonds. The second-order valence-electron chi connectivity index (χ2n) is 38.4. The molecule has 5 aromatic carbocycles. The molecule has 40 nitrogen and oxygen atoms in total. The Morgan fingerprint density at radius 2 is 0.801 bits per heavy atom. The summed E-state index contributed by atoms with van der Waals surface area (Å²) in [5.41, 5.74) is 42.9. The number of oxazole rings is 1. The van der Waals surface area contributed by atoms with Crippen molar-refractivity contribution in [2.24, 2.45) is 14.1 Å². The van der Waals surface area contributed by atoms with Crippen molar-refractivity contribution < 1.29 is 23.5 Å². The van der Waals surface area contributed by atoms with Gasteiger partial charge in [-0.15, -0.1) is 0 Å². The number of amides is 2. The maximum Gasteiger partial charge on any atom is 0.272 e. The number of carbonyl (C=O) groups is 2. The van der Waals surface area contributed by atoms with Crippen LogP contribution in [0.25, 0.3) is 139 Å². The molecule has 18 heterocycles. The summed E-state index contributed by atoms with van der Waals surface area (Å²) in [5.74, 6) is 2.94. The highest BCUT2D eigenvalue weighted by Crippen LogP contribution is 2.45. The van der Waals surface area contributed by atoms with E-state index in [0.717, 1.165) is 195 Å². The number of anilines is 6. The summed E-state index contributed by atoms with van der Waals surface area (Å²) in [6, 6.07) is 47.6. The minimum Gasteiger partial charge on any atom is -0.495 e. The number of pyridine rings is 2. The Balaban J connectivity index is 0.000000111. The molecule has 19 aromatic rings. The largest absolute Gasteiger partial charge is 0.495 e. The molecule has 12 N–H and O–H groups in total. The maximum absolute atomic E-state index is 13.2.